The van der Waals surface area contributed by atoms with E-state index in [2.05, 4.69) is 29.3 Å². The van der Waals surface area contributed by atoms with Crippen LogP contribution >= 0.6 is 24.0 Å². The van der Waals surface area contributed by atoms with Crippen LogP contribution < -0.4 is 5.32 Å². The number of hydrogen-bond acceptors (Lipinski definition) is 4. The van der Waals surface area contributed by atoms with Gasteiger partial charge in [0.25, 0.3) is 0 Å². The normalized spacial score (nSPS) is 12.6. The molecule has 7 nitrogen and oxygen atoms in total. The second kappa shape index (κ2) is 10.5. The second-order valence-corrected chi connectivity index (χ2v) is 6.08. The Kier molecular flexibility index (Phi) is 9.95. The molecule has 0 saturated carbocycles. The minimum Gasteiger partial charge on any atom is -0.469 e. The van der Waals surface area contributed by atoms with E-state index >= 15 is 0 Å². The number of aliphatic imine (C=N–C) groups is 1. The Morgan fingerprint density at radius 3 is 2.58 bits per heavy atom. The number of nitrogens with one attached hydrogen (secondary N) is 1. The number of rotatable bonds is 6. The third-order valence-corrected chi connectivity index (χ3v) is 3.63. The molecule has 0 aromatic carbocycles. The highest BCUT2D eigenvalue weighted by atomic mass is 127. The lowest BCUT2D eigenvalue weighted by Gasteiger charge is -2.23. The van der Waals surface area contributed by atoms with E-state index in [9.17, 15) is 4.79 Å². The number of carbonyl (C=O) groups excluding carboxylic acids is 1. The Hall–Kier alpha value is -1.32. The Balaban J connectivity index is 0.00000529. The summed E-state index contributed by atoms with van der Waals surface area (Å²) in [5.74, 6) is 0.646. The predicted octanol–water partition coefficient (Wildman–Crippen LogP) is 1.98. The number of hydrogen-bond donors (Lipinski definition) is 1. The summed E-state index contributed by atoms with van der Waals surface area (Å²) < 4.78 is 6.58. The molecule has 24 heavy (non-hydrogen) atoms. The highest BCUT2D eigenvalue weighted by Gasteiger charge is 2.17. The molecule has 0 amide bonds. The number of esters is 1. The summed E-state index contributed by atoms with van der Waals surface area (Å²) >= 11 is 0. The van der Waals surface area contributed by atoms with Crippen molar-refractivity contribution in [1.82, 2.24) is 20.0 Å². The van der Waals surface area contributed by atoms with Crippen molar-refractivity contribution >= 4 is 35.9 Å². The number of ether oxygens (including phenoxy) is 1. The Labute approximate surface area is 161 Å². The maximum absolute atomic E-state index is 11.5. The molecule has 0 fully saturated rings. The van der Waals surface area contributed by atoms with Gasteiger partial charge in [-0.25, -0.2) is 0 Å². The SMILES string of the molecule is CN=C(NCC(C)C(=O)OC)N(C)Cc1cn(C)nc1C(C)C.I. The van der Waals surface area contributed by atoms with Crippen molar-refractivity contribution in [3.05, 3.63) is 17.5 Å². The summed E-state index contributed by atoms with van der Waals surface area (Å²) in [5, 5.41) is 7.73. The van der Waals surface area contributed by atoms with E-state index in [0.29, 0.717) is 19.0 Å². The van der Waals surface area contributed by atoms with Gasteiger partial charge in [-0.05, 0) is 5.92 Å². The lowest BCUT2D eigenvalue weighted by molar-refractivity contribution is -0.144. The van der Waals surface area contributed by atoms with E-state index < -0.39 is 0 Å². The average Bonchev–Trinajstić information content (AvgIpc) is 2.87. The molecule has 1 aromatic heterocycles. The lowest BCUT2D eigenvalue weighted by Crippen LogP contribution is -2.41. The fraction of sp³-hybridized carbons (Fsp3) is 0.688. The van der Waals surface area contributed by atoms with Crippen LogP contribution in [-0.4, -0.2) is 54.4 Å². The van der Waals surface area contributed by atoms with Crippen molar-refractivity contribution in [2.75, 3.05) is 27.7 Å². The zero-order valence-electron chi connectivity index (χ0n) is 15.7. The van der Waals surface area contributed by atoms with Gasteiger partial charge >= 0.3 is 5.97 Å². The van der Waals surface area contributed by atoms with Crippen molar-refractivity contribution < 1.29 is 9.53 Å². The van der Waals surface area contributed by atoms with E-state index in [1.165, 1.54) is 12.7 Å². The lowest BCUT2D eigenvalue weighted by atomic mass is 10.1. The summed E-state index contributed by atoms with van der Waals surface area (Å²) in [6.07, 6.45) is 2.04. The van der Waals surface area contributed by atoms with Crippen molar-refractivity contribution in [3.63, 3.8) is 0 Å². The van der Waals surface area contributed by atoms with Gasteiger partial charge in [0.1, 0.15) is 0 Å². The first kappa shape index (κ1) is 22.7. The van der Waals surface area contributed by atoms with Crippen molar-refractivity contribution in [2.45, 2.75) is 33.2 Å². The molecule has 1 aromatic rings. The summed E-state index contributed by atoms with van der Waals surface area (Å²) in [6.45, 7) is 7.28. The molecule has 1 unspecified atom stereocenters. The average molecular weight is 451 g/mol. The minimum absolute atomic E-state index is 0. The quantitative estimate of drug-likeness (QED) is 0.310. The largest absolute Gasteiger partial charge is 0.469 e. The van der Waals surface area contributed by atoms with Gasteiger partial charge in [0.15, 0.2) is 5.96 Å². The molecule has 0 aliphatic carbocycles. The van der Waals surface area contributed by atoms with E-state index in [0.717, 1.165) is 11.7 Å². The Morgan fingerprint density at radius 2 is 2.08 bits per heavy atom. The molecular formula is C16H30IN5O2. The van der Waals surface area contributed by atoms with Gasteiger partial charge in [-0.1, -0.05) is 20.8 Å². The second-order valence-electron chi connectivity index (χ2n) is 6.08. The van der Waals surface area contributed by atoms with Gasteiger partial charge in [0.2, 0.25) is 0 Å². The standard InChI is InChI=1S/C16H29N5O2.HI/c1-11(2)14-13(10-21(6)19-14)9-20(5)16(17-4)18-8-12(3)15(22)23-7;/h10-12H,8-9H2,1-7H3,(H,17,18);1H. The molecule has 1 heterocycles. The fourth-order valence-corrected chi connectivity index (χ4v) is 2.41. The summed E-state index contributed by atoms with van der Waals surface area (Å²) in [6, 6.07) is 0. The van der Waals surface area contributed by atoms with Crippen LogP contribution in [0.4, 0.5) is 0 Å². The van der Waals surface area contributed by atoms with Crippen LogP contribution in [0.15, 0.2) is 11.2 Å². The first-order chi connectivity index (χ1) is 10.8. The number of halogens is 1. The van der Waals surface area contributed by atoms with E-state index in [4.69, 9.17) is 4.74 Å². The first-order valence-corrected chi connectivity index (χ1v) is 7.82. The van der Waals surface area contributed by atoms with Gasteiger partial charge in [-0.3, -0.25) is 14.5 Å². The summed E-state index contributed by atoms with van der Waals surface area (Å²) in [5.41, 5.74) is 2.27. The smallest absolute Gasteiger partial charge is 0.310 e. The maximum Gasteiger partial charge on any atom is 0.310 e. The van der Waals surface area contributed by atoms with Crippen molar-refractivity contribution in [2.24, 2.45) is 18.0 Å². The molecule has 0 bridgehead atoms. The van der Waals surface area contributed by atoms with Crippen LogP contribution in [0.5, 0.6) is 0 Å². The van der Waals surface area contributed by atoms with Crippen molar-refractivity contribution in [3.8, 4) is 0 Å². The molecular weight excluding hydrogens is 421 g/mol. The zero-order valence-corrected chi connectivity index (χ0v) is 18.0. The van der Waals surface area contributed by atoms with Crippen LogP contribution in [-0.2, 0) is 23.1 Å². The zero-order chi connectivity index (χ0) is 17.6. The number of guanidine groups is 1. The van der Waals surface area contributed by atoms with Gasteiger partial charge < -0.3 is 15.0 Å². The van der Waals surface area contributed by atoms with Gasteiger partial charge in [0.05, 0.1) is 18.7 Å². The summed E-state index contributed by atoms with van der Waals surface area (Å²) in [7, 11) is 7.03. The van der Waals surface area contributed by atoms with E-state index in [1.54, 1.807) is 7.05 Å². The number of nitrogens with zero attached hydrogens (tertiary/aromatic N) is 4. The van der Waals surface area contributed by atoms with Gasteiger partial charge in [0, 0.05) is 46.0 Å². The van der Waals surface area contributed by atoms with Crippen LogP contribution in [0.2, 0.25) is 0 Å². The molecule has 0 radical (unpaired) electrons. The Bertz CT molecular complexity index is 557. The molecule has 138 valence electrons. The molecule has 1 rings (SSSR count). The number of carbonyl (C=O) groups is 1. The predicted molar refractivity (Wildman–Crippen MR) is 107 cm³/mol. The molecule has 0 saturated heterocycles. The molecule has 1 atom stereocenters. The molecule has 0 aliphatic rings. The topological polar surface area (TPSA) is 71.8 Å². The monoisotopic (exact) mass is 451 g/mol. The fourth-order valence-electron chi connectivity index (χ4n) is 2.41. The third-order valence-electron chi connectivity index (χ3n) is 3.63. The highest BCUT2D eigenvalue weighted by Crippen LogP contribution is 2.18. The van der Waals surface area contributed by atoms with E-state index in [-0.39, 0.29) is 35.9 Å². The van der Waals surface area contributed by atoms with E-state index in [1.807, 2.05) is 36.8 Å². The van der Waals surface area contributed by atoms with Gasteiger partial charge in [-0.2, -0.15) is 5.10 Å². The van der Waals surface area contributed by atoms with Crippen LogP contribution in [0, 0.1) is 5.92 Å². The van der Waals surface area contributed by atoms with Crippen LogP contribution in [0.1, 0.15) is 37.9 Å². The van der Waals surface area contributed by atoms with Crippen LogP contribution in [0.25, 0.3) is 0 Å². The molecule has 0 aliphatic heterocycles. The first-order valence-electron chi connectivity index (χ1n) is 7.82. The third kappa shape index (κ3) is 6.29. The number of methoxy groups -OCH3 is 1. The van der Waals surface area contributed by atoms with Crippen molar-refractivity contribution in [1.29, 1.82) is 0 Å². The number of aromatic nitrogens is 2. The molecule has 1 N–H and O–H groups in total. The van der Waals surface area contributed by atoms with Crippen LogP contribution in [0.3, 0.4) is 0 Å². The van der Waals surface area contributed by atoms with Gasteiger partial charge in [-0.15, -0.1) is 24.0 Å². The Morgan fingerprint density at radius 1 is 1.46 bits per heavy atom. The number of aryl methyl sites for hydroxylation is 1. The minimum atomic E-state index is -0.232. The highest BCUT2D eigenvalue weighted by molar-refractivity contribution is 14.0. The molecule has 8 heteroatoms. The maximum atomic E-state index is 11.5. The summed E-state index contributed by atoms with van der Waals surface area (Å²) in [4.78, 5) is 17.8. The molecule has 0 spiro atoms.